The maximum Gasteiger partial charge on any atom is 0.213 e. The molecule has 0 spiro atoms. The summed E-state index contributed by atoms with van der Waals surface area (Å²) in [6.45, 7) is 2.33. The Morgan fingerprint density at radius 3 is 2.48 bits per heavy atom. The Balaban J connectivity index is 0.000000243. The number of nitrogens with zero attached hydrogens (tertiary/aromatic N) is 2. The van der Waals surface area contributed by atoms with Crippen molar-refractivity contribution in [2.75, 3.05) is 13.7 Å². The number of benzene rings is 1. The summed E-state index contributed by atoms with van der Waals surface area (Å²) in [5.41, 5.74) is 8.47. The van der Waals surface area contributed by atoms with Gasteiger partial charge in [0.2, 0.25) is 5.88 Å². The lowest BCUT2D eigenvalue weighted by Crippen LogP contribution is -2.59. The van der Waals surface area contributed by atoms with E-state index in [1.165, 1.54) is 12.3 Å². The Kier molecular flexibility index (Phi) is 6.88. The van der Waals surface area contributed by atoms with Gasteiger partial charge in [-0.1, -0.05) is 6.07 Å². The van der Waals surface area contributed by atoms with Crippen LogP contribution in [0.3, 0.4) is 0 Å². The van der Waals surface area contributed by atoms with Crippen LogP contribution >= 0.6 is 12.6 Å². The van der Waals surface area contributed by atoms with E-state index in [1.54, 1.807) is 32.2 Å². The monoisotopic (exact) mass is 473 g/mol. The summed E-state index contributed by atoms with van der Waals surface area (Å²) in [6.07, 6.45) is 6.49. The van der Waals surface area contributed by atoms with E-state index >= 15 is 0 Å². The zero-order valence-corrected chi connectivity index (χ0v) is 19.8. The van der Waals surface area contributed by atoms with Crippen LogP contribution in [0.25, 0.3) is 11.0 Å². The number of thiol groups is 1. The highest BCUT2D eigenvalue weighted by atomic mass is 32.1. The second-order valence-electron chi connectivity index (χ2n) is 9.07. The van der Waals surface area contributed by atoms with Crippen LogP contribution in [0.1, 0.15) is 43.2 Å². The number of aromatic nitrogens is 2. The molecule has 176 valence electrons. The van der Waals surface area contributed by atoms with Gasteiger partial charge in [-0.3, -0.25) is 4.98 Å². The molecule has 0 radical (unpaired) electrons. The number of methoxy groups -OCH3 is 1. The third kappa shape index (κ3) is 5.28. The highest BCUT2D eigenvalue weighted by Crippen LogP contribution is 2.45. The third-order valence-corrected chi connectivity index (χ3v) is 7.04. The number of rotatable bonds is 4. The van der Waals surface area contributed by atoms with Crippen LogP contribution in [0.15, 0.2) is 41.4 Å². The van der Waals surface area contributed by atoms with E-state index in [9.17, 15) is 8.78 Å². The standard InChI is InChI=1S/C18H22FN3O2.C7H7FS/c1-23-15-3-2-14-16(22-15)12(13(19)10-21-14)4-5-18-8-6-17(20,7-9-18)11-24-18;1-5-2-3-6(9)4-7(5)8/h2-3,10H,4-9,11,20H2,1H3;2-4,9H,1H3. The predicted octanol–water partition coefficient (Wildman–Crippen LogP) is 5.17. The van der Waals surface area contributed by atoms with Crippen molar-refractivity contribution in [1.82, 2.24) is 9.97 Å². The number of hydrogen-bond donors (Lipinski definition) is 2. The molecule has 8 heteroatoms. The first-order chi connectivity index (χ1) is 15.7. The minimum atomic E-state index is -0.320. The second-order valence-corrected chi connectivity index (χ2v) is 9.59. The number of pyridine rings is 2. The van der Waals surface area contributed by atoms with Gasteiger partial charge in [-0.25, -0.2) is 13.8 Å². The first-order valence-electron chi connectivity index (χ1n) is 11.1. The molecule has 0 atom stereocenters. The number of hydrogen-bond acceptors (Lipinski definition) is 6. The molecule has 3 fully saturated rings. The summed E-state index contributed by atoms with van der Waals surface area (Å²) in [4.78, 5) is 9.19. The smallest absolute Gasteiger partial charge is 0.213 e. The Bertz CT molecular complexity index is 1130. The SMILES string of the molecule is COc1ccc2ncc(F)c(CCC34CCC(N)(CC3)CO4)c2n1.Cc1ccc(S)cc1F. The number of aryl methyl sites for hydroxylation is 2. The normalized spacial score (nSPS) is 23.8. The van der Waals surface area contributed by atoms with Gasteiger partial charge in [0.1, 0.15) is 11.6 Å². The van der Waals surface area contributed by atoms with Gasteiger partial charge in [0.15, 0.2) is 0 Å². The van der Waals surface area contributed by atoms with E-state index in [0.717, 1.165) is 32.1 Å². The van der Waals surface area contributed by atoms with E-state index in [0.29, 0.717) is 46.0 Å². The summed E-state index contributed by atoms with van der Waals surface area (Å²) in [5, 5.41) is 0. The Morgan fingerprint density at radius 2 is 1.88 bits per heavy atom. The lowest BCUT2D eigenvalue weighted by Gasteiger charge is -2.51. The van der Waals surface area contributed by atoms with Crippen LogP contribution in [-0.4, -0.2) is 34.8 Å². The van der Waals surface area contributed by atoms with Gasteiger partial charge >= 0.3 is 0 Å². The minimum Gasteiger partial charge on any atom is -0.481 e. The molecule has 3 aliphatic rings. The van der Waals surface area contributed by atoms with E-state index < -0.39 is 0 Å². The summed E-state index contributed by atoms with van der Waals surface area (Å²) in [6, 6.07) is 8.42. The molecular formula is C25H29F2N3O2S. The van der Waals surface area contributed by atoms with Crippen molar-refractivity contribution >= 4 is 23.7 Å². The highest BCUT2D eigenvalue weighted by Gasteiger charge is 2.47. The van der Waals surface area contributed by atoms with Crippen molar-refractivity contribution in [2.45, 2.75) is 61.5 Å². The summed E-state index contributed by atoms with van der Waals surface area (Å²) in [7, 11) is 1.55. The lowest BCUT2D eigenvalue weighted by atomic mass is 9.70. The number of fused-ring (bicyclic) bond motifs is 4. The van der Waals surface area contributed by atoms with E-state index in [1.807, 2.05) is 6.07 Å². The Morgan fingerprint density at radius 1 is 1.12 bits per heavy atom. The van der Waals surface area contributed by atoms with Gasteiger partial charge in [0, 0.05) is 22.1 Å². The predicted molar refractivity (Wildman–Crippen MR) is 127 cm³/mol. The fraction of sp³-hybridized carbons (Fsp3) is 0.440. The van der Waals surface area contributed by atoms with E-state index in [2.05, 4.69) is 22.6 Å². The maximum atomic E-state index is 14.4. The second kappa shape index (κ2) is 9.52. The molecule has 2 N–H and O–H groups in total. The van der Waals surface area contributed by atoms with Crippen molar-refractivity contribution in [2.24, 2.45) is 5.73 Å². The molecule has 5 nitrogen and oxygen atoms in total. The molecule has 4 heterocycles. The van der Waals surface area contributed by atoms with Gasteiger partial charge in [0.25, 0.3) is 0 Å². The molecule has 0 unspecified atom stereocenters. The molecule has 2 aromatic heterocycles. The average molecular weight is 474 g/mol. The van der Waals surface area contributed by atoms with Gasteiger partial charge < -0.3 is 15.2 Å². The highest BCUT2D eigenvalue weighted by molar-refractivity contribution is 7.80. The average Bonchev–Trinajstić information content (AvgIpc) is 2.82. The van der Waals surface area contributed by atoms with Gasteiger partial charge in [-0.15, -0.1) is 12.6 Å². The Labute approximate surface area is 198 Å². The molecular weight excluding hydrogens is 444 g/mol. The summed E-state index contributed by atoms with van der Waals surface area (Å²) >= 11 is 3.96. The fourth-order valence-electron chi connectivity index (χ4n) is 4.47. The minimum absolute atomic E-state index is 0.148. The number of nitrogens with two attached hydrogens (primary N) is 1. The van der Waals surface area contributed by atoms with Gasteiger partial charge in [-0.05, 0) is 69.2 Å². The molecule has 33 heavy (non-hydrogen) atoms. The quantitative estimate of drug-likeness (QED) is 0.512. The van der Waals surface area contributed by atoms with Crippen LogP contribution in [0, 0.1) is 18.6 Å². The molecule has 3 aromatic rings. The summed E-state index contributed by atoms with van der Waals surface area (Å²) in [5.74, 6) is -0.0456. The van der Waals surface area contributed by atoms with Crippen molar-refractivity contribution in [1.29, 1.82) is 0 Å². The zero-order chi connectivity index (χ0) is 23.6. The molecule has 2 aliphatic heterocycles. The van der Waals surface area contributed by atoms with Crippen LogP contribution in [0.2, 0.25) is 0 Å². The first-order valence-corrected chi connectivity index (χ1v) is 11.5. The van der Waals surface area contributed by atoms with E-state index in [-0.39, 0.29) is 22.8 Å². The fourth-order valence-corrected chi connectivity index (χ4v) is 4.66. The molecule has 1 aliphatic carbocycles. The van der Waals surface area contributed by atoms with Crippen molar-refractivity contribution in [3.05, 3.63) is 59.3 Å². The molecule has 6 rings (SSSR count). The molecule has 1 saturated carbocycles. The van der Waals surface area contributed by atoms with Crippen LogP contribution in [0.4, 0.5) is 8.78 Å². The zero-order valence-electron chi connectivity index (χ0n) is 18.9. The summed E-state index contributed by atoms with van der Waals surface area (Å²) < 4.78 is 38.2. The number of halogens is 2. The molecule has 0 amide bonds. The van der Waals surface area contributed by atoms with Crippen molar-refractivity contribution in [3.8, 4) is 5.88 Å². The van der Waals surface area contributed by atoms with Crippen LogP contribution in [-0.2, 0) is 11.2 Å². The number of ether oxygens (including phenoxy) is 2. The van der Waals surface area contributed by atoms with Gasteiger partial charge in [-0.2, -0.15) is 0 Å². The Hall–Kier alpha value is -2.29. The first kappa shape index (κ1) is 23.9. The van der Waals surface area contributed by atoms with E-state index in [4.69, 9.17) is 15.2 Å². The van der Waals surface area contributed by atoms with Crippen molar-refractivity contribution in [3.63, 3.8) is 0 Å². The molecule has 2 bridgehead atoms. The van der Waals surface area contributed by atoms with Crippen molar-refractivity contribution < 1.29 is 18.3 Å². The topological polar surface area (TPSA) is 70.3 Å². The van der Waals surface area contributed by atoms with Gasteiger partial charge in [0.05, 0.1) is 36.5 Å². The molecule has 1 aromatic carbocycles. The maximum absolute atomic E-state index is 14.4. The van der Waals surface area contributed by atoms with Crippen LogP contribution in [0.5, 0.6) is 5.88 Å². The van der Waals surface area contributed by atoms with Crippen LogP contribution < -0.4 is 10.5 Å². The third-order valence-electron chi connectivity index (χ3n) is 6.76. The largest absolute Gasteiger partial charge is 0.481 e. The lowest BCUT2D eigenvalue weighted by molar-refractivity contribution is -0.156. The molecule has 2 saturated heterocycles.